The molecule has 0 spiro atoms. The van der Waals surface area contributed by atoms with Gasteiger partial charge in [-0.1, -0.05) is 46.3 Å². The highest BCUT2D eigenvalue weighted by molar-refractivity contribution is 9.10. The third-order valence-electron chi connectivity index (χ3n) is 4.73. The van der Waals surface area contributed by atoms with Crippen molar-refractivity contribution in [2.45, 2.75) is 19.7 Å². The van der Waals surface area contributed by atoms with E-state index >= 15 is 0 Å². The standard InChI is InChI=1S/C26H20BrF3N2O3/c1-2-34-24-13-17(10-11-23(24)35-16-18-6-3-4-9-22(18)27)12-19(15-31)25(33)32-21-8-5-7-20(14-21)26(28,29)30/h3-14H,2,16H2,1H3,(H,32,33)/b19-12+. The van der Waals surface area contributed by atoms with E-state index in [-0.39, 0.29) is 11.3 Å². The Morgan fingerprint density at radius 1 is 1.06 bits per heavy atom. The summed E-state index contributed by atoms with van der Waals surface area (Å²) >= 11 is 3.47. The minimum atomic E-state index is -4.55. The van der Waals surface area contributed by atoms with E-state index in [0.29, 0.717) is 30.3 Å². The topological polar surface area (TPSA) is 71.3 Å². The molecule has 0 aliphatic carbocycles. The fourth-order valence-corrected chi connectivity index (χ4v) is 3.46. The summed E-state index contributed by atoms with van der Waals surface area (Å²) in [5.74, 6) is 0.0644. The van der Waals surface area contributed by atoms with E-state index < -0.39 is 17.6 Å². The molecule has 0 aliphatic rings. The number of nitrogens with one attached hydrogen (secondary N) is 1. The fraction of sp³-hybridized carbons (Fsp3) is 0.154. The Kier molecular flexibility index (Phi) is 8.55. The average molecular weight is 545 g/mol. The number of benzene rings is 3. The minimum Gasteiger partial charge on any atom is -0.490 e. The zero-order valence-corrected chi connectivity index (χ0v) is 20.1. The van der Waals surface area contributed by atoms with Crippen molar-refractivity contribution >= 4 is 33.6 Å². The van der Waals surface area contributed by atoms with Crippen LogP contribution in [0.4, 0.5) is 18.9 Å². The van der Waals surface area contributed by atoms with Gasteiger partial charge in [0.15, 0.2) is 11.5 Å². The number of ether oxygens (including phenoxy) is 2. The molecule has 0 aromatic heterocycles. The molecular weight excluding hydrogens is 525 g/mol. The summed E-state index contributed by atoms with van der Waals surface area (Å²) in [4.78, 5) is 12.5. The Morgan fingerprint density at radius 2 is 1.83 bits per heavy atom. The van der Waals surface area contributed by atoms with Gasteiger partial charge in [0.05, 0.1) is 12.2 Å². The van der Waals surface area contributed by atoms with Crippen molar-refractivity contribution in [3.05, 3.63) is 93.5 Å². The smallest absolute Gasteiger partial charge is 0.416 e. The first-order valence-corrected chi connectivity index (χ1v) is 11.2. The van der Waals surface area contributed by atoms with Crippen LogP contribution in [0.1, 0.15) is 23.6 Å². The predicted molar refractivity (Wildman–Crippen MR) is 130 cm³/mol. The first kappa shape index (κ1) is 25.8. The lowest BCUT2D eigenvalue weighted by Crippen LogP contribution is -2.14. The molecule has 0 atom stereocenters. The monoisotopic (exact) mass is 544 g/mol. The first-order chi connectivity index (χ1) is 16.7. The maximum Gasteiger partial charge on any atom is 0.416 e. The number of carbonyl (C=O) groups excluding carboxylic acids is 1. The van der Waals surface area contributed by atoms with Crippen LogP contribution in [0, 0.1) is 11.3 Å². The van der Waals surface area contributed by atoms with E-state index in [1.165, 1.54) is 18.2 Å². The van der Waals surface area contributed by atoms with E-state index in [2.05, 4.69) is 21.2 Å². The van der Waals surface area contributed by atoms with Crippen molar-refractivity contribution in [3.8, 4) is 17.6 Å². The van der Waals surface area contributed by atoms with E-state index in [4.69, 9.17) is 9.47 Å². The SMILES string of the molecule is CCOc1cc(/C=C(\C#N)C(=O)Nc2cccc(C(F)(F)F)c2)ccc1OCc1ccccc1Br. The molecule has 0 bridgehead atoms. The number of nitrogens with zero attached hydrogens (tertiary/aromatic N) is 1. The molecule has 0 radical (unpaired) electrons. The van der Waals surface area contributed by atoms with Crippen LogP contribution >= 0.6 is 15.9 Å². The third-order valence-corrected chi connectivity index (χ3v) is 5.51. The number of hydrogen-bond donors (Lipinski definition) is 1. The van der Waals surface area contributed by atoms with Crippen LogP contribution in [0.3, 0.4) is 0 Å². The van der Waals surface area contributed by atoms with E-state index in [1.807, 2.05) is 31.2 Å². The van der Waals surface area contributed by atoms with Gasteiger partial charge in [-0.15, -0.1) is 0 Å². The van der Waals surface area contributed by atoms with Crippen LogP contribution in [-0.2, 0) is 17.6 Å². The lowest BCUT2D eigenvalue weighted by Gasteiger charge is -2.13. The molecule has 0 saturated heterocycles. The zero-order chi connectivity index (χ0) is 25.4. The van der Waals surface area contributed by atoms with E-state index in [1.54, 1.807) is 24.3 Å². The molecule has 0 fully saturated rings. The van der Waals surface area contributed by atoms with Gasteiger partial charge in [-0.2, -0.15) is 18.4 Å². The van der Waals surface area contributed by atoms with Crippen LogP contribution in [-0.4, -0.2) is 12.5 Å². The van der Waals surface area contributed by atoms with Gasteiger partial charge < -0.3 is 14.8 Å². The molecule has 1 amide bonds. The zero-order valence-electron chi connectivity index (χ0n) is 18.5. The van der Waals surface area contributed by atoms with E-state index in [9.17, 15) is 23.2 Å². The van der Waals surface area contributed by atoms with Crippen molar-refractivity contribution in [2.75, 3.05) is 11.9 Å². The number of hydrogen-bond acceptors (Lipinski definition) is 4. The Balaban J connectivity index is 1.79. The summed E-state index contributed by atoms with van der Waals surface area (Å²) in [6.07, 6.45) is -3.23. The number of amides is 1. The van der Waals surface area contributed by atoms with Gasteiger partial charge in [0, 0.05) is 15.7 Å². The summed E-state index contributed by atoms with van der Waals surface area (Å²) in [5, 5.41) is 11.8. The molecule has 5 nitrogen and oxygen atoms in total. The van der Waals surface area contributed by atoms with Crippen molar-refractivity contribution in [2.24, 2.45) is 0 Å². The Labute approximate surface area is 208 Å². The van der Waals surface area contributed by atoms with Crippen molar-refractivity contribution < 1.29 is 27.4 Å². The van der Waals surface area contributed by atoms with Crippen LogP contribution in [0.5, 0.6) is 11.5 Å². The normalized spacial score (nSPS) is 11.5. The molecule has 3 aromatic carbocycles. The van der Waals surface area contributed by atoms with Crippen LogP contribution in [0.25, 0.3) is 6.08 Å². The van der Waals surface area contributed by atoms with Gasteiger partial charge >= 0.3 is 6.18 Å². The highest BCUT2D eigenvalue weighted by atomic mass is 79.9. The predicted octanol–water partition coefficient (Wildman–Crippen LogP) is 6.99. The van der Waals surface area contributed by atoms with Gasteiger partial charge in [-0.05, 0) is 55.0 Å². The fourth-order valence-electron chi connectivity index (χ4n) is 3.06. The lowest BCUT2D eigenvalue weighted by atomic mass is 10.1. The molecule has 35 heavy (non-hydrogen) atoms. The summed E-state index contributed by atoms with van der Waals surface area (Å²) in [6.45, 7) is 2.46. The second-order valence-corrected chi connectivity index (χ2v) is 8.08. The molecule has 3 rings (SSSR count). The second kappa shape index (κ2) is 11.6. The Hall–Kier alpha value is -3.77. The number of anilines is 1. The Bertz CT molecular complexity index is 1280. The molecule has 1 N–H and O–H groups in total. The molecule has 0 unspecified atom stereocenters. The van der Waals surface area contributed by atoms with Gasteiger partial charge in [-0.25, -0.2) is 0 Å². The van der Waals surface area contributed by atoms with Gasteiger partial charge in [-0.3, -0.25) is 4.79 Å². The number of alkyl halides is 3. The summed E-state index contributed by atoms with van der Waals surface area (Å²) in [6, 6.07) is 18.5. The van der Waals surface area contributed by atoms with Crippen LogP contribution in [0.2, 0.25) is 0 Å². The molecule has 0 heterocycles. The molecule has 0 aliphatic heterocycles. The maximum absolute atomic E-state index is 12.9. The highest BCUT2D eigenvalue weighted by Gasteiger charge is 2.30. The van der Waals surface area contributed by atoms with Crippen molar-refractivity contribution in [3.63, 3.8) is 0 Å². The number of halogens is 4. The summed E-state index contributed by atoms with van der Waals surface area (Å²) < 4.78 is 51.2. The van der Waals surface area contributed by atoms with Gasteiger partial charge in [0.1, 0.15) is 18.2 Å². The van der Waals surface area contributed by atoms with Crippen molar-refractivity contribution in [1.82, 2.24) is 0 Å². The minimum absolute atomic E-state index is 0.0724. The first-order valence-electron chi connectivity index (χ1n) is 10.4. The second-order valence-electron chi connectivity index (χ2n) is 7.22. The summed E-state index contributed by atoms with van der Waals surface area (Å²) in [7, 11) is 0. The molecule has 3 aromatic rings. The number of nitriles is 1. The number of rotatable bonds is 8. The molecule has 0 saturated carbocycles. The van der Waals surface area contributed by atoms with Gasteiger partial charge in [0.25, 0.3) is 5.91 Å². The average Bonchev–Trinajstić information content (AvgIpc) is 2.82. The highest BCUT2D eigenvalue weighted by Crippen LogP contribution is 2.32. The number of carbonyl (C=O) groups is 1. The van der Waals surface area contributed by atoms with E-state index in [0.717, 1.165) is 22.2 Å². The molecular formula is C26H20BrF3N2O3. The Morgan fingerprint density at radius 3 is 2.51 bits per heavy atom. The quantitative estimate of drug-likeness (QED) is 0.245. The molecule has 9 heteroatoms. The maximum atomic E-state index is 12.9. The largest absolute Gasteiger partial charge is 0.490 e. The molecule has 180 valence electrons. The van der Waals surface area contributed by atoms with Gasteiger partial charge in [0.2, 0.25) is 0 Å². The summed E-state index contributed by atoms with van der Waals surface area (Å²) in [5.41, 5.74) is 0.162. The lowest BCUT2D eigenvalue weighted by molar-refractivity contribution is -0.137. The third kappa shape index (κ3) is 7.11. The van der Waals surface area contributed by atoms with Crippen LogP contribution < -0.4 is 14.8 Å². The van der Waals surface area contributed by atoms with Crippen LogP contribution in [0.15, 0.2) is 76.8 Å². The van der Waals surface area contributed by atoms with Crippen molar-refractivity contribution in [1.29, 1.82) is 5.26 Å².